The van der Waals surface area contributed by atoms with Crippen molar-refractivity contribution in [1.82, 2.24) is 10.2 Å². The van der Waals surface area contributed by atoms with E-state index in [1.54, 1.807) is 9.80 Å². The summed E-state index contributed by atoms with van der Waals surface area (Å²) in [5.74, 6) is -1.10. The van der Waals surface area contributed by atoms with Gasteiger partial charge in [0, 0.05) is 32.2 Å². The molecule has 1 N–H and O–H groups in total. The van der Waals surface area contributed by atoms with Gasteiger partial charge in [0.1, 0.15) is 17.3 Å². The molecule has 0 spiro atoms. The zero-order valence-electron chi connectivity index (χ0n) is 13.2. The molecule has 4 nitrogen and oxygen atoms in total. The van der Waals surface area contributed by atoms with Crippen molar-refractivity contribution in [2.45, 2.75) is 38.1 Å². The first-order valence-electron chi connectivity index (χ1n) is 8.39. The normalized spacial score (nSPS) is 19.7. The summed E-state index contributed by atoms with van der Waals surface area (Å²) in [6.07, 6.45) is 5.69. The van der Waals surface area contributed by atoms with E-state index in [0.29, 0.717) is 26.2 Å². The fraction of sp³-hybridized carbons (Fsp3) is 0.588. The lowest BCUT2D eigenvalue weighted by Crippen LogP contribution is -2.54. The lowest BCUT2D eigenvalue weighted by Gasteiger charge is -2.37. The summed E-state index contributed by atoms with van der Waals surface area (Å²) in [7, 11) is 0. The average molecular weight is 323 g/mol. The third-order valence-electron chi connectivity index (χ3n) is 4.75. The van der Waals surface area contributed by atoms with Crippen molar-refractivity contribution in [1.29, 1.82) is 0 Å². The second-order valence-electron chi connectivity index (χ2n) is 6.33. The summed E-state index contributed by atoms with van der Waals surface area (Å²) in [5.41, 5.74) is 0.0137. The first kappa shape index (κ1) is 16.0. The predicted octanol–water partition coefficient (Wildman–Crippen LogP) is 3.13. The summed E-state index contributed by atoms with van der Waals surface area (Å²) in [6.45, 7) is 1.84. The molecule has 6 heteroatoms. The van der Waals surface area contributed by atoms with Crippen molar-refractivity contribution in [2.75, 3.05) is 31.1 Å². The van der Waals surface area contributed by atoms with E-state index < -0.39 is 11.6 Å². The van der Waals surface area contributed by atoms with E-state index in [9.17, 15) is 13.6 Å². The fourth-order valence-electron chi connectivity index (χ4n) is 3.44. The van der Waals surface area contributed by atoms with E-state index in [1.165, 1.54) is 37.5 Å². The number of piperazine rings is 1. The van der Waals surface area contributed by atoms with E-state index in [2.05, 4.69) is 5.32 Å². The molecule has 3 rings (SSSR count). The van der Waals surface area contributed by atoms with Gasteiger partial charge in [-0.2, -0.15) is 0 Å². The zero-order chi connectivity index (χ0) is 16.2. The molecule has 1 aliphatic carbocycles. The highest BCUT2D eigenvalue weighted by molar-refractivity contribution is 5.75. The quantitative estimate of drug-likeness (QED) is 0.907. The number of anilines is 1. The van der Waals surface area contributed by atoms with Gasteiger partial charge < -0.3 is 15.1 Å². The van der Waals surface area contributed by atoms with Crippen molar-refractivity contribution in [3.63, 3.8) is 0 Å². The molecular weight excluding hydrogens is 300 g/mol. The highest BCUT2D eigenvalue weighted by Crippen LogP contribution is 2.24. The molecule has 2 amide bonds. The maximum atomic E-state index is 13.8. The standard InChI is InChI=1S/C17H23F2N3O/c18-14-7-4-8-15(19)16(14)21-9-11-22(12-10-21)17(23)20-13-5-2-1-3-6-13/h4,7-8,13H,1-3,5-6,9-12H2,(H,20,23). The largest absolute Gasteiger partial charge is 0.363 e. The number of carbonyl (C=O) groups excluding carboxylic acids is 1. The first-order valence-corrected chi connectivity index (χ1v) is 8.39. The number of halogens is 2. The highest BCUT2D eigenvalue weighted by atomic mass is 19.1. The molecule has 0 bridgehead atoms. The Bertz CT molecular complexity index is 533. The molecule has 1 saturated carbocycles. The number of hydrogen-bond acceptors (Lipinski definition) is 2. The Hall–Kier alpha value is -1.85. The second-order valence-corrected chi connectivity index (χ2v) is 6.33. The van der Waals surface area contributed by atoms with E-state index in [0.717, 1.165) is 12.8 Å². The Morgan fingerprint density at radius 2 is 1.61 bits per heavy atom. The highest BCUT2D eigenvalue weighted by Gasteiger charge is 2.26. The molecule has 1 aliphatic heterocycles. The Labute approximate surface area is 135 Å². The molecule has 1 heterocycles. The number of carbonyl (C=O) groups is 1. The molecule has 2 aliphatic rings. The zero-order valence-corrected chi connectivity index (χ0v) is 13.2. The van der Waals surface area contributed by atoms with Crippen LogP contribution in [0.15, 0.2) is 18.2 Å². The molecule has 0 aromatic heterocycles. The Balaban J connectivity index is 1.54. The van der Waals surface area contributed by atoms with Crippen LogP contribution < -0.4 is 10.2 Å². The van der Waals surface area contributed by atoms with Crippen molar-refractivity contribution in [2.24, 2.45) is 0 Å². The van der Waals surface area contributed by atoms with Crippen LogP contribution in [0.25, 0.3) is 0 Å². The summed E-state index contributed by atoms with van der Waals surface area (Å²) in [5, 5.41) is 3.09. The third-order valence-corrected chi connectivity index (χ3v) is 4.75. The molecule has 0 atom stereocenters. The van der Waals surface area contributed by atoms with Gasteiger partial charge in [0.2, 0.25) is 0 Å². The van der Waals surface area contributed by atoms with Crippen molar-refractivity contribution in [3.8, 4) is 0 Å². The van der Waals surface area contributed by atoms with Crippen molar-refractivity contribution >= 4 is 11.7 Å². The van der Waals surface area contributed by atoms with Gasteiger partial charge in [-0.05, 0) is 25.0 Å². The van der Waals surface area contributed by atoms with Crippen LogP contribution in [0.3, 0.4) is 0 Å². The molecule has 126 valence electrons. The monoisotopic (exact) mass is 323 g/mol. The second kappa shape index (κ2) is 7.15. The minimum Gasteiger partial charge on any atom is -0.363 e. The van der Waals surface area contributed by atoms with Crippen molar-refractivity contribution < 1.29 is 13.6 Å². The van der Waals surface area contributed by atoms with Crippen molar-refractivity contribution in [3.05, 3.63) is 29.8 Å². The van der Waals surface area contributed by atoms with Crippen LogP contribution in [0, 0.1) is 11.6 Å². The van der Waals surface area contributed by atoms with Gasteiger partial charge in [0.15, 0.2) is 0 Å². The minimum absolute atomic E-state index is 0.0137. The molecule has 0 radical (unpaired) electrons. The smallest absolute Gasteiger partial charge is 0.317 e. The molecule has 23 heavy (non-hydrogen) atoms. The molecule has 0 unspecified atom stereocenters. The SMILES string of the molecule is O=C(NC1CCCCC1)N1CCN(c2c(F)cccc2F)CC1. The topological polar surface area (TPSA) is 35.6 Å². The predicted molar refractivity (Wildman–Crippen MR) is 85.5 cm³/mol. The van der Waals surface area contributed by atoms with Crippen LogP contribution in [0.2, 0.25) is 0 Å². The van der Waals surface area contributed by atoms with E-state index in [-0.39, 0.29) is 17.8 Å². The Morgan fingerprint density at radius 1 is 1.00 bits per heavy atom. The third kappa shape index (κ3) is 3.74. The lowest BCUT2D eigenvalue weighted by molar-refractivity contribution is 0.186. The van der Waals surface area contributed by atoms with Gasteiger partial charge in [0.25, 0.3) is 0 Å². The van der Waals surface area contributed by atoms with Crippen LogP contribution >= 0.6 is 0 Å². The molecule has 1 saturated heterocycles. The van der Waals surface area contributed by atoms with Gasteiger partial charge in [-0.3, -0.25) is 0 Å². The first-order chi connectivity index (χ1) is 11.1. The number of para-hydroxylation sites is 1. The van der Waals surface area contributed by atoms with E-state index in [1.807, 2.05) is 0 Å². The molecule has 1 aromatic rings. The number of rotatable bonds is 2. The van der Waals surface area contributed by atoms with Gasteiger partial charge >= 0.3 is 6.03 Å². The van der Waals surface area contributed by atoms with Crippen LogP contribution in [0.4, 0.5) is 19.3 Å². The van der Waals surface area contributed by atoms with Crippen LogP contribution in [-0.4, -0.2) is 43.2 Å². The van der Waals surface area contributed by atoms with Crippen LogP contribution in [0.5, 0.6) is 0 Å². The van der Waals surface area contributed by atoms with E-state index >= 15 is 0 Å². The lowest BCUT2D eigenvalue weighted by atomic mass is 9.96. The number of benzene rings is 1. The van der Waals surface area contributed by atoms with Gasteiger partial charge in [0.05, 0.1) is 0 Å². The number of urea groups is 1. The Morgan fingerprint density at radius 3 is 2.22 bits per heavy atom. The van der Waals surface area contributed by atoms with E-state index in [4.69, 9.17) is 0 Å². The summed E-state index contributed by atoms with van der Waals surface area (Å²) >= 11 is 0. The summed E-state index contributed by atoms with van der Waals surface area (Å²) < 4.78 is 27.7. The van der Waals surface area contributed by atoms with Gasteiger partial charge in [-0.25, -0.2) is 13.6 Å². The molecule has 1 aromatic carbocycles. The maximum Gasteiger partial charge on any atom is 0.317 e. The number of amides is 2. The Kier molecular flexibility index (Phi) is 4.98. The summed E-state index contributed by atoms with van der Waals surface area (Å²) in [6, 6.07) is 4.12. The summed E-state index contributed by atoms with van der Waals surface area (Å²) in [4.78, 5) is 15.7. The maximum absolute atomic E-state index is 13.8. The van der Waals surface area contributed by atoms with Gasteiger partial charge in [-0.1, -0.05) is 25.3 Å². The fourth-order valence-corrected chi connectivity index (χ4v) is 3.44. The number of nitrogens with zero attached hydrogens (tertiary/aromatic N) is 2. The average Bonchev–Trinajstić information content (AvgIpc) is 2.56. The van der Waals surface area contributed by atoms with Crippen LogP contribution in [0.1, 0.15) is 32.1 Å². The van der Waals surface area contributed by atoms with Crippen LogP contribution in [-0.2, 0) is 0 Å². The molecule has 2 fully saturated rings. The molecular formula is C17H23F2N3O. The number of hydrogen-bond donors (Lipinski definition) is 1. The minimum atomic E-state index is -0.551. The van der Waals surface area contributed by atoms with Gasteiger partial charge in [-0.15, -0.1) is 0 Å². The number of nitrogens with one attached hydrogen (secondary N) is 1.